The van der Waals surface area contributed by atoms with Crippen LogP contribution in [0.25, 0.3) is 0 Å². The third-order valence-corrected chi connectivity index (χ3v) is 3.02. The molecule has 0 aromatic heterocycles. The van der Waals surface area contributed by atoms with Gasteiger partial charge in [-0.1, -0.05) is 38.1 Å². The van der Waals surface area contributed by atoms with Crippen molar-refractivity contribution in [1.29, 1.82) is 0 Å². The van der Waals surface area contributed by atoms with Crippen molar-refractivity contribution in [3.05, 3.63) is 35.4 Å². The van der Waals surface area contributed by atoms with Crippen LogP contribution in [-0.4, -0.2) is 31.6 Å². The smallest absolute Gasteiger partial charge is 0.0202 e. The third-order valence-electron chi connectivity index (χ3n) is 3.02. The summed E-state index contributed by atoms with van der Waals surface area (Å²) >= 11 is 0. The largest absolute Gasteiger partial charge is 0.316 e. The summed E-state index contributed by atoms with van der Waals surface area (Å²) < 4.78 is 0. The van der Waals surface area contributed by atoms with Gasteiger partial charge in [-0.3, -0.25) is 0 Å². The predicted molar refractivity (Wildman–Crippen MR) is 70.7 cm³/mol. The van der Waals surface area contributed by atoms with Crippen molar-refractivity contribution in [2.75, 3.05) is 26.7 Å². The van der Waals surface area contributed by atoms with E-state index in [9.17, 15) is 0 Å². The van der Waals surface area contributed by atoms with Gasteiger partial charge in [0.05, 0.1) is 0 Å². The van der Waals surface area contributed by atoms with Crippen molar-refractivity contribution in [2.24, 2.45) is 0 Å². The molecule has 0 aliphatic heterocycles. The molecule has 1 N–H and O–H groups in total. The van der Waals surface area contributed by atoms with Gasteiger partial charge in [-0.2, -0.15) is 0 Å². The summed E-state index contributed by atoms with van der Waals surface area (Å²) in [5, 5.41) is 3.16. The van der Waals surface area contributed by atoms with Gasteiger partial charge in [0, 0.05) is 13.1 Å². The normalized spacial score (nSPS) is 11.0. The summed E-state index contributed by atoms with van der Waals surface area (Å²) in [5.41, 5.74) is 2.79. The Morgan fingerprint density at radius 3 is 2.06 bits per heavy atom. The Balaban J connectivity index is 2.42. The molecule has 0 fully saturated rings. The van der Waals surface area contributed by atoms with Crippen LogP contribution in [0.3, 0.4) is 0 Å². The van der Waals surface area contributed by atoms with Gasteiger partial charge < -0.3 is 10.2 Å². The van der Waals surface area contributed by atoms with Crippen molar-refractivity contribution in [3.63, 3.8) is 0 Å². The Kier molecular flexibility index (Phi) is 6.12. The highest BCUT2D eigenvalue weighted by Crippen LogP contribution is 2.05. The average Bonchev–Trinajstić information content (AvgIpc) is 2.33. The molecule has 0 saturated carbocycles. The van der Waals surface area contributed by atoms with Gasteiger partial charge in [0.2, 0.25) is 0 Å². The molecule has 0 amide bonds. The van der Waals surface area contributed by atoms with Crippen molar-refractivity contribution in [1.82, 2.24) is 10.2 Å². The fraction of sp³-hybridized carbons (Fsp3) is 0.571. The van der Waals surface area contributed by atoms with E-state index in [2.05, 4.69) is 48.3 Å². The van der Waals surface area contributed by atoms with E-state index in [1.165, 1.54) is 17.7 Å². The third kappa shape index (κ3) is 4.33. The van der Waals surface area contributed by atoms with E-state index in [0.717, 1.165) is 26.1 Å². The summed E-state index contributed by atoms with van der Waals surface area (Å²) in [6.07, 6.45) is 1.15. The fourth-order valence-corrected chi connectivity index (χ4v) is 1.85. The molecule has 0 unspecified atom stereocenters. The van der Waals surface area contributed by atoms with Gasteiger partial charge in [0.15, 0.2) is 0 Å². The number of nitrogens with zero attached hydrogens (tertiary/aromatic N) is 1. The Morgan fingerprint density at radius 1 is 1.00 bits per heavy atom. The van der Waals surface area contributed by atoms with Crippen LogP contribution in [0.1, 0.15) is 25.0 Å². The highest BCUT2D eigenvalue weighted by Gasteiger charge is 1.99. The quantitative estimate of drug-likeness (QED) is 0.758. The summed E-state index contributed by atoms with van der Waals surface area (Å²) in [6, 6.07) is 8.93. The molecule has 0 bridgehead atoms. The molecular formula is C14H24N2. The average molecular weight is 220 g/mol. The van der Waals surface area contributed by atoms with E-state index in [1.807, 2.05) is 7.05 Å². The first-order valence-electron chi connectivity index (χ1n) is 6.24. The summed E-state index contributed by atoms with van der Waals surface area (Å²) in [7, 11) is 1.98. The highest BCUT2D eigenvalue weighted by molar-refractivity contribution is 5.22. The van der Waals surface area contributed by atoms with Crippen LogP contribution in [0.5, 0.6) is 0 Å². The number of nitrogens with one attached hydrogen (secondary N) is 1. The standard InChI is InChI=1S/C14H24N2/c1-4-16(5-2)11-10-13-6-8-14(9-7-13)12-15-3/h6-9,15H,4-5,10-12H2,1-3H3. The maximum Gasteiger partial charge on any atom is 0.0202 e. The Morgan fingerprint density at radius 2 is 1.56 bits per heavy atom. The minimum absolute atomic E-state index is 0.955. The van der Waals surface area contributed by atoms with Crippen LogP contribution in [0, 0.1) is 0 Å². The monoisotopic (exact) mass is 220 g/mol. The van der Waals surface area contributed by atoms with Crippen molar-refractivity contribution in [3.8, 4) is 0 Å². The highest BCUT2D eigenvalue weighted by atomic mass is 15.1. The number of hydrogen-bond donors (Lipinski definition) is 1. The molecule has 16 heavy (non-hydrogen) atoms. The Hall–Kier alpha value is -0.860. The van der Waals surface area contributed by atoms with E-state index in [4.69, 9.17) is 0 Å². The molecule has 1 aromatic rings. The lowest BCUT2D eigenvalue weighted by atomic mass is 10.1. The summed E-state index contributed by atoms with van der Waals surface area (Å²) in [5.74, 6) is 0. The zero-order chi connectivity index (χ0) is 11.8. The topological polar surface area (TPSA) is 15.3 Å². The number of benzene rings is 1. The molecule has 0 spiro atoms. The molecule has 0 heterocycles. The van der Waals surface area contributed by atoms with Gasteiger partial charge in [0.25, 0.3) is 0 Å². The van der Waals surface area contributed by atoms with Crippen molar-refractivity contribution in [2.45, 2.75) is 26.8 Å². The lowest BCUT2D eigenvalue weighted by Gasteiger charge is -2.17. The van der Waals surface area contributed by atoms with Crippen LogP contribution in [-0.2, 0) is 13.0 Å². The van der Waals surface area contributed by atoms with Gasteiger partial charge in [-0.05, 0) is 37.7 Å². The number of hydrogen-bond acceptors (Lipinski definition) is 2. The predicted octanol–water partition coefficient (Wildman–Crippen LogP) is 2.29. The molecule has 0 aliphatic carbocycles. The molecule has 90 valence electrons. The van der Waals surface area contributed by atoms with E-state index in [0.29, 0.717) is 0 Å². The van der Waals surface area contributed by atoms with Gasteiger partial charge in [-0.25, -0.2) is 0 Å². The molecule has 0 aliphatic rings. The minimum Gasteiger partial charge on any atom is -0.316 e. The molecule has 0 radical (unpaired) electrons. The minimum atomic E-state index is 0.955. The molecule has 0 atom stereocenters. The van der Waals surface area contributed by atoms with E-state index in [-0.39, 0.29) is 0 Å². The molecule has 1 rings (SSSR count). The molecule has 2 nitrogen and oxygen atoms in total. The summed E-state index contributed by atoms with van der Waals surface area (Å²) in [6.45, 7) is 8.86. The van der Waals surface area contributed by atoms with E-state index in [1.54, 1.807) is 0 Å². The summed E-state index contributed by atoms with van der Waals surface area (Å²) in [4.78, 5) is 2.46. The van der Waals surface area contributed by atoms with Crippen molar-refractivity contribution < 1.29 is 0 Å². The van der Waals surface area contributed by atoms with Crippen LogP contribution >= 0.6 is 0 Å². The fourth-order valence-electron chi connectivity index (χ4n) is 1.85. The maximum absolute atomic E-state index is 3.16. The van der Waals surface area contributed by atoms with Crippen LogP contribution in [0.4, 0.5) is 0 Å². The second-order valence-electron chi connectivity index (χ2n) is 4.12. The zero-order valence-electron chi connectivity index (χ0n) is 10.8. The van der Waals surface area contributed by atoms with Gasteiger partial charge >= 0.3 is 0 Å². The lowest BCUT2D eigenvalue weighted by Crippen LogP contribution is -2.25. The first-order chi connectivity index (χ1) is 7.80. The van der Waals surface area contributed by atoms with Crippen LogP contribution in [0.15, 0.2) is 24.3 Å². The van der Waals surface area contributed by atoms with E-state index < -0.39 is 0 Å². The zero-order valence-corrected chi connectivity index (χ0v) is 10.8. The number of likely N-dealkylation sites (N-methyl/N-ethyl adjacent to an activating group) is 1. The maximum atomic E-state index is 3.16. The Labute approximate surface area is 99.7 Å². The SMILES string of the molecule is CCN(CC)CCc1ccc(CNC)cc1. The molecule has 0 saturated heterocycles. The Bertz CT molecular complexity index is 275. The van der Waals surface area contributed by atoms with Crippen LogP contribution < -0.4 is 5.32 Å². The lowest BCUT2D eigenvalue weighted by molar-refractivity contribution is 0.308. The second-order valence-corrected chi connectivity index (χ2v) is 4.12. The molecule has 2 heteroatoms. The number of rotatable bonds is 7. The van der Waals surface area contributed by atoms with Gasteiger partial charge in [0.1, 0.15) is 0 Å². The van der Waals surface area contributed by atoms with Crippen molar-refractivity contribution >= 4 is 0 Å². The molecule has 1 aromatic carbocycles. The van der Waals surface area contributed by atoms with Gasteiger partial charge in [-0.15, -0.1) is 0 Å². The first-order valence-corrected chi connectivity index (χ1v) is 6.24. The van der Waals surface area contributed by atoms with Crippen LogP contribution in [0.2, 0.25) is 0 Å². The second kappa shape index (κ2) is 7.42. The first kappa shape index (κ1) is 13.2. The van der Waals surface area contributed by atoms with E-state index >= 15 is 0 Å². The molecular weight excluding hydrogens is 196 g/mol.